The summed E-state index contributed by atoms with van der Waals surface area (Å²) in [5.74, 6) is -0.101. The lowest BCUT2D eigenvalue weighted by atomic mass is 9.93. The molecule has 1 amide bonds. The number of carbonyl (C=O) groups excluding carboxylic acids is 1. The average Bonchev–Trinajstić information content (AvgIpc) is 2.16. The van der Waals surface area contributed by atoms with Gasteiger partial charge >= 0.3 is 0 Å². The lowest BCUT2D eigenvalue weighted by Gasteiger charge is -2.36. The van der Waals surface area contributed by atoms with Crippen molar-refractivity contribution in [3.8, 4) is 0 Å². The molecule has 0 saturated carbocycles. The highest BCUT2D eigenvalue weighted by atomic mass is 16.1. The van der Waals surface area contributed by atoms with Gasteiger partial charge in [-0.2, -0.15) is 0 Å². The Kier molecular flexibility index (Phi) is 4.33. The highest BCUT2D eigenvalue weighted by molar-refractivity contribution is 5.76. The zero-order chi connectivity index (χ0) is 11.4. The number of hydrogen-bond acceptors (Lipinski definition) is 2. The molecule has 0 aliphatic carbocycles. The van der Waals surface area contributed by atoms with E-state index in [1.807, 2.05) is 0 Å². The summed E-state index contributed by atoms with van der Waals surface area (Å²) < 4.78 is 0. The van der Waals surface area contributed by atoms with E-state index in [1.165, 1.54) is 5.57 Å². The van der Waals surface area contributed by atoms with Crippen LogP contribution in [0.4, 0.5) is 0 Å². The van der Waals surface area contributed by atoms with Crippen LogP contribution in [0.2, 0.25) is 0 Å². The standard InChI is InChI=1S/C12H22N2O/c1-9(2)6-7-14-8-11(12(13)15)5-4-10(14)3/h6,10-11H,4-5,7-8H2,1-3H3,(H2,13,15)/t10-,11+/m1/s1. The Morgan fingerprint density at radius 3 is 2.67 bits per heavy atom. The molecule has 1 fully saturated rings. The van der Waals surface area contributed by atoms with Gasteiger partial charge in [0.1, 0.15) is 0 Å². The Hall–Kier alpha value is -0.830. The van der Waals surface area contributed by atoms with Crippen LogP contribution < -0.4 is 5.73 Å². The van der Waals surface area contributed by atoms with Crippen LogP contribution in [0.25, 0.3) is 0 Å². The maximum Gasteiger partial charge on any atom is 0.221 e. The van der Waals surface area contributed by atoms with Gasteiger partial charge in [-0.15, -0.1) is 0 Å². The van der Waals surface area contributed by atoms with Crippen LogP contribution in [0.3, 0.4) is 0 Å². The second-order valence-corrected chi connectivity index (χ2v) is 4.76. The maximum absolute atomic E-state index is 11.1. The van der Waals surface area contributed by atoms with E-state index in [9.17, 15) is 4.79 Å². The molecule has 2 atom stereocenters. The second-order valence-electron chi connectivity index (χ2n) is 4.76. The predicted molar refractivity (Wildman–Crippen MR) is 62.4 cm³/mol. The van der Waals surface area contributed by atoms with E-state index in [-0.39, 0.29) is 11.8 Å². The van der Waals surface area contributed by atoms with Crippen molar-refractivity contribution < 1.29 is 4.79 Å². The van der Waals surface area contributed by atoms with Crippen molar-refractivity contribution in [3.63, 3.8) is 0 Å². The van der Waals surface area contributed by atoms with Gasteiger partial charge in [0.05, 0.1) is 5.92 Å². The third kappa shape index (κ3) is 3.67. The monoisotopic (exact) mass is 210 g/mol. The first kappa shape index (κ1) is 12.2. The van der Waals surface area contributed by atoms with Crippen LogP contribution in [0.5, 0.6) is 0 Å². The minimum Gasteiger partial charge on any atom is -0.369 e. The fourth-order valence-corrected chi connectivity index (χ4v) is 1.97. The van der Waals surface area contributed by atoms with Gasteiger partial charge in [0, 0.05) is 19.1 Å². The first-order chi connectivity index (χ1) is 7.00. The number of nitrogens with two attached hydrogens (primary N) is 1. The van der Waals surface area contributed by atoms with E-state index in [2.05, 4.69) is 31.7 Å². The van der Waals surface area contributed by atoms with Crippen molar-refractivity contribution in [3.05, 3.63) is 11.6 Å². The number of primary amides is 1. The molecule has 0 bridgehead atoms. The number of carbonyl (C=O) groups is 1. The highest BCUT2D eigenvalue weighted by Crippen LogP contribution is 2.21. The van der Waals surface area contributed by atoms with Gasteiger partial charge in [0.15, 0.2) is 0 Å². The van der Waals surface area contributed by atoms with E-state index in [1.54, 1.807) is 0 Å². The molecule has 0 aromatic heterocycles. The van der Waals surface area contributed by atoms with Crippen molar-refractivity contribution in [2.75, 3.05) is 13.1 Å². The lowest BCUT2D eigenvalue weighted by molar-refractivity contribution is -0.123. The first-order valence-corrected chi connectivity index (χ1v) is 5.67. The average molecular weight is 210 g/mol. The third-order valence-electron chi connectivity index (χ3n) is 3.15. The molecule has 1 aliphatic rings. The fraction of sp³-hybridized carbons (Fsp3) is 0.750. The molecule has 0 aromatic rings. The quantitative estimate of drug-likeness (QED) is 0.718. The van der Waals surface area contributed by atoms with Crippen LogP contribution in [0.1, 0.15) is 33.6 Å². The van der Waals surface area contributed by atoms with E-state index in [4.69, 9.17) is 5.73 Å². The smallest absolute Gasteiger partial charge is 0.221 e. The molecule has 0 radical (unpaired) electrons. The molecule has 1 saturated heterocycles. The molecule has 1 rings (SSSR count). The number of amides is 1. The summed E-state index contributed by atoms with van der Waals surface area (Å²) in [5.41, 5.74) is 6.67. The minimum atomic E-state index is -0.149. The Bertz CT molecular complexity index is 256. The van der Waals surface area contributed by atoms with Gasteiger partial charge in [-0.05, 0) is 33.6 Å². The van der Waals surface area contributed by atoms with Crippen molar-refractivity contribution in [2.24, 2.45) is 11.7 Å². The number of likely N-dealkylation sites (tertiary alicyclic amines) is 1. The summed E-state index contributed by atoms with van der Waals surface area (Å²) in [6, 6.07) is 0.566. The second kappa shape index (κ2) is 5.31. The Labute approximate surface area is 92.3 Å². The Morgan fingerprint density at radius 2 is 2.13 bits per heavy atom. The number of rotatable bonds is 3. The lowest BCUT2D eigenvalue weighted by Crippen LogP contribution is -2.45. The number of allylic oxidation sites excluding steroid dienone is 1. The molecule has 3 nitrogen and oxygen atoms in total. The van der Waals surface area contributed by atoms with Gasteiger partial charge in [-0.1, -0.05) is 11.6 Å². The molecule has 2 N–H and O–H groups in total. The normalized spacial score (nSPS) is 27.4. The molecule has 1 heterocycles. The van der Waals surface area contributed by atoms with Crippen molar-refractivity contribution >= 4 is 5.91 Å². The summed E-state index contributed by atoms with van der Waals surface area (Å²) in [5, 5.41) is 0. The fourth-order valence-electron chi connectivity index (χ4n) is 1.97. The molecular formula is C12H22N2O. The summed E-state index contributed by atoms with van der Waals surface area (Å²) in [7, 11) is 0. The van der Waals surface area contributed by atoms with E-state index in [0.29, 0.717) is 6.04 Å². The molecular weight excluding hydrogens is 188 g/mol. The topological polar surface area (TPSA) is 46.3 Å². The zero-order valence-electron chi connectivity index (χ0n) is 9.99. The van der Waals surface area contributed by atoms with Gasteiger partial charge in [0.25, 0.3) is 0 Å². The van der Waals surface area contributed by atoms with E-state index in [0.717, 1.165) is 25.9 Å². The summed E-state index contributed by atoms with van der Waals surface area (Å²) in [6.45, 7) is 8.17. The van der Waals surface area contributed by atoms with Gasteiger partial charge in [-0.3, -0.25) is 9.69 Å². The molecule has 15 heavy (non-hydrogen) atoms. The maximum atomic E-state index is 11.1. The molecule has 1 aliphatic heterocycles. The summed E-state index contributed by atoms with van der Waals surface area (Å²) in [4.78, 5) is 13.5. The summed E-state index contributed by atoms with van der Waals surface area (Å²) >= 11 is 0. The minimum absolute atomic E-state index is 0.0479. The van der Waals surface area contributed by atoms with Crippen LogP contribution in [-0.2, 0) is 4.79 Å². The third-order valence-corrected chi connectivity index (χ3v) is 3.15. The van der Waals surface area contributed by atoms with Crippen molar-refractivity contribution in [1.82, 2.24) is 4.90 Å². The molecule has 3 heteroatoms. The van der Waals surface area contributed by atoms with Crippen LogP contribution >= 0.6 is 0 Å². The Morgan fingerprint density at radius 1 is 1.47 bits per heavy atom. The molecule has 0 aromatic carbocycles. The molecule has 0 spiro atoms. The van der Waals surface area contributed by atoms with Gasteiger partial charge in [-0.25, -0.2) is 0 Å². The predicted octanol–water partition coefficient (Wildman–Crippen LogP) is 1.54. The van der Waals surface area contributed by atoms with Crippen molar-refractivity contribution in [1.29, 1.82) is 0 Å². The number of piperidine rings is 1. The summed E-state index contributed by atoms with van der Waals surface area (Å²) in [6.07, 6.45) is 4.23. The van der Waals surface area contributed by atoms with Crippen LogP contribution in [-0.4, -0.2) is 29.9 Å². The van der Waals surface area contributed by atoms with Gasteiger partial charge < -0.3 is 5.73 Å². The molecule has 0 unspecified atom stereocenters. The van der Waals surface area contributed by atoms with E-state index >= 15 is 0 Å². The van der Waals surface area contributed by atoms with E-state index < -0.39 is 0 Å². The van der Waals surface area contributed by atoms with Crippen LogP contribution in [0, 0.1) is 5.92 Å². The Balaban J connectivity index is 2.53. The number of nitrogens with zero attached hydrogens (tertiary/aromatic N) is 1. The first-order valence-electron chi connectivity index (χ1n) is 5.67. The van der Waals surface area contributed by atoms with Crippen molar-refractivity contribution in [2.45, 2.75) is 39.7 Å². The molecule has 86 valence electrons. The SMILES string of the molecule is CC(C)=CCN1C[C@@H](C(N)=O)CC[C@H]1C. The van der Waals surface area contributed by atoms with Crippen LogP contribution in [0.15, 0.2) is 11.6 Å². The highest BCUT2D eigenvalue weighted by Gasteiger charge is 2.27. The number of hydrogen-bond donors (Lipinski definition) is 1. The van der Waals surface area contributed by atoms with Gasteiger partial charge in [0.2, 0.25) is 5.91 Å². The largest absolute Gasteiger partial charge is 0.369 e. The zero-order valence-corrected chi connectivity index (χ0v) is 9.99.